The second-order valence-electron chi connectivity index (χ2n) is 3.46. The number of hydrogen-bond donors (Lipinski definition) is 3. The summed E-state index contributed by atoms with van der Waals surface area (Å²) >= 11 is 1.50. The average Bonchev–Trinajstić information content (AvgIpc) is 2.30. The van der Waals surface area contributed by atoms with Gasteiger partial charge in [-0.05, 0) is 18.7 Å². The minimum absolute atomic E-state index is 0.413. The van der Waals surface area contributed by atoms with Crippen LogP contribution in [-0.4, -0.2) is 17.5 Å². The summed E-state index contributed by atoms with van der Waals surface area (Å²) in [5, 5.41) is 3.80. The van der Waals surface area contributed by atoms with Gasteiger partial charge in [0.2, 0.25) is 0 Å². The number of hydrogen-bond acceptors (Lipinski definition) is 4. The molecule has 0 aliphatic carbocycles. The molecule has 0 saturated carbocycles. The Kier molecular flexibility index (Phi) is 5.86. The number of para-hydroxylation sites is 1. The SMILES string of the molecule is CCNc1ccccc1C(N)N=C(N)SCC. The summed E-state index contributed by atoms with van der Waals surface area (Å²) in [7, 11) is 0. The molecule has 0 amide bonds. The topological polar surface area (TPSA) is 76.4 Å². The van der Waals surface area contributed by atoms with Crippen LogP contribution in [-0.2, 0) is 0 Å². The standard InChI is InChI=1S/C12H20N4S/c1-3-15-10-8-6-5-7-9(10)11(13)16-12(14)17-4-2/h5-8,11,15H,3-4,13H2,1-2H3,(H2,14,16). The van der Waals surface area contributed by atoms with E-state index in [1.165, 1.54) is 11.8 Å². The Morgan fingerprint density at radius 2 is 2.12 bits per heavy atom. The fraction of sp³-hybridized carbons (Fsp3) is 0.417. The van der Waals surface area contributed by atoms with Crippen LogP contribution in [0.1, 0.15) is 25.6 Å². The lowest BCUT2D eigenvalue weighted by Crippen LogP contribution is -2.16. The maximum Gasteiger partial charge on any atom is 0.155 e. The summed E-state index contributed by atoms with van der Waals surface area (Å²) < 4.78 is 0. The predicted molar refractivity (Wildman–Crippen MR) is 77.3 cm³/mol. The first kappa shape index (κ1) is 13.9. The van der Waals surface area contributed by atoms with E-state index in [0.717, 1.165) is 23.5 Å². The molecule has 1 aromatic carbocycles. The lowest BCUT2D eigenvalue weighted by molar-refractivity contribution is 0.778. The number of amidine groups is 1. The summed E-state index contributed by atoms with van der Waals surface area (Å²) in [6, 6.07) is 7.89. The zero-order chi connectivity index (χ0) is 12.7. The van der Waals surface area contributed by atoms with Gasteiger partial charge in [0.15, 0.2) is 5.17 Å². The molecule has 94 valence electrons. The first-order chi connectivity index (χ1) is 8.19. The highest BCUT2D eigenvalue weighted by Crippen LogP contribution is 2.22. The van der Waals surface area contributed by atoms with Gasteiger partial charge in [-0.3, -0.25) is 0 Å². The molecule has 0 radical (unpaired) electrons. The van der Waals surface area contributed by atoms with Crippen molar-refractivity contribution in [1.29, 1.82) is 0 Å². The minimum atomic E-state index is -0.413. The van der Waals surface area contributed by atoms with Gasteiger partial charge in [-0.1, -0.05) is 36.9 Å². The molecule has 0 aliphatic rings. The average molecular weight is 252 g/mol. The smallest absolute Gasteiger partial charge is 0.155 e. The van der Waals surface area contributed by atoms with E-state index in [1.807, 2.05) is 38.1 Å². The van der Waals surface area contributed by atoms with Crippen LogP contribution >= 0.6 is 11.8 Å². The molecule has 1 rings (SSSR count). The highest BCUT2D eigenvalue weighted by Gasteiger charge is 2.09. The molecule has 1 unspecified atom stereocenters. The Morgan fingerprint density at radius 3 is 2.76 bits per heavy atom. The zero-order valence-electron chi connectivity index (χ0n) is 10.3. The molecule has 5 N–H and O–H groups in total. The Bertz CT molecular complexity index is 379. The highest BCUT2D eigenvalue weighted by atomic mass is 32.2. The first-order valence-electron chi connectivity index (χ1n) is 5.73. The fourth-order valence-electron chi connectivity index (χ4n) is 1.50. The van der Waals surface area contributed by atoms with Crippen molar-refractivity contribution in [3.8, 4) is 0 Å². The van der Waals surface area contributed by atoms with Gasteiger partial charge in [0.05, 0.1) is 0 Å². The van der Waals surface area contributed by atoms with Crippen LogP contribution in [0, 0.1) is 0 Å². The molecule has 0 saturated heterocycles. The van der Waals surface area contributed by atoms with Crippen molar-refractivity contribution in [3.05, 3.63) is 29.8 Å². The van der Waals surface area contributed by atoms with Crippen LogP contribution < -0.4 is 16.8 Å². The van der Waals surface area contributed by atoms with Gasteiger partial charge in [0.1, 0.15) is 6.17 Å². The van der Waals surface area contributed by atoms with Crippen molar-refractivity contribution in [2.24, 2.45) is 16.5 Å². The van der Waals surface area contributed by atoms with Gasteiger partial charge in [0.25, 0.3) is 0 Å². The first-order valence-corrected chi connectivity index (χ1v) is 6.72. The Morgan fingerprint density at radius 1 is 1.41 bits per heavy atom. The van der Waals surface area contributed by atoms with E-state index >= 15 is 0 Å². The molecule has 0 bridgehead atoms. The van der Waals surface area contributed by atoms with Gasteiger partial charge in [-0.2, -0.15) is 0 Å². The number of aliphatic imine (C=N–C) groups is 1. The van der Waals surface area contributed by atoms with Crippen molar-refractivity contribution in [3.63, 3.8) is 0 Å². The van der Waals surface area contributed by atoms with Gasteiger partial charge < -0.3 is 16.8 Å². The van der Waals surface area contributed by atoms with Crippen LogP contribution in [0.5, 0.6) is 0 Å². The molecule has 17 heavy (non-hydrogen) atoms. The van der Waals surface area contributed by atoms with Crippen molar-refractivity contribution in [2.75, 3.05) is 17.6 Å². The van der Waals surface area contributed by atoms with E-state index in [4.69, 9.17) is 11.5 Å². The van der Waals surface area contributed by atoms with E-state index in [0.29, 0.717) is 5.17 Å². The van der Waals surface area contributed by atoms with Crippen molar-refractivity contribution >= 4 is 22.6 Å². The van der Waals surface area contributed by atoms with Crippen LogP contribution in [0.25, 0.3) is 0 Å². The monoisotopic (exact) mass is 252 g/mol. The van der Waals surface area contributed by atoms with E-state index in [9.17, 15) is 0 Å². The third kappa shape index (κ3) is 4.28. The number of nitrogens with one attached hydrogen (secondary N) is 1. The van der Waals surface area contributed by atoms with Crippen molar-refractivity contribution in [2.45, 2.75) is 20.0 Å². The molecule has 0 heterocycles. The number of anilines is 1. The number of benzene rings is 1. The predicted octanol–water partition coefficient (Wildman–Crippen LogP) is 2.14. The van der Waals surface area contributed by atoms with E-state index < -0.39 is 6.17 Å². The lowest BCUT2D eigenvalue weighted by Gasteiger charge is -2.14. The van der Waals surface area contributed by atoms with Gasteiger partial charge in [-0.25, -0.2) is 4.99 Å². The molecule has 5 heteroatoms. The van der Waals surface area contributed by atoms with E-state index in [-0.39, 0.29) is 0 Å². The van der Waals surface area contributed by atoms with Crippen molar-refractivity contribution < 1.29 is 0 Å². The van der Waals surface area contributed by atoms with Gasteiger partial charge in [-0.15, -0.1) is 0 Å². The largest absolute Gasteiger partial charge is 0.385 e. The molecule has 0 fully saturated rings. The minimum Gasteiger partial charge on any atom is -0.385 e. The third-order valence-corrected chi connectivity index (χ3v) is 2.90. The molecular weight excluding hydrogens is 232 g/mol. The summed E-state index contributed by atoms with van der Waals surface area (Å²) in [6.07, 6.45) is -0.413. The number of nitrogens with two attached hydrogens (primary N) is 2. The van der Waals surface area contributed by atoms with Crippen LogP contribution in [0.4, 0.5) is 5.69 Å². The summed E-state index contributed by atoms with van der Waals surface area (Å²) in [5.41, 5.74) is 13.8. The molecule has 0 aromatic heterocycles. The fourth-order valence-corrected chi connectivity index (χ4v) is 1.98. The number of thioether (sulfide) groups is 1. The highest BCUT2D eigenvalue weighted by molar-refractivity contribution is 8.13. The molecule has 1 atom stereocenters. The maximum atomic E-state index is 6.04. The second-order valence-corrected chi connectivity index (χ2v) is 4.75. The Balaban J connectivity index is 2.87. The number of rotatable bonds is 5. The zero-order valence-corrected chi connectivity index (χ0v) is 11.1. The second kappa shape index (κ2) is 7.19. The quantitative estimate of drug-likeness (QED) is 0.554. The molecular formula is C12H20N4S. The van der Waals surface area contributed by atoms with Crippen molar-refractivity contribution in [1.82, 2.24) is 0 Å². The summed E-state index contributed by atoms with van der Waals surface area (Å²) in [5.74, 6) is 0.900. The Labute approximate surface area is 107 Å². The van der Waals surface area contributed by atoms with Crippen LogP contribution in [0.2, 0.25) is 0 Å². The molecule has 1 aromatic rings. The van der Waals surface area contributed by atoms with Crippen LogP contribution in [0.3, 0.4) is 0 Å². The van der Waals surface area contributed by atoms with E-state index in [1.54, 1.807) is 0 Å². The molecule has 0 aliphatic heterocycles. The summed E-state index contributed by atoms with van der Waals surface area (Å²) in [6.45, 7) is 4.94. The molecule has 0 spiro atoms. The van der Waals surface area contributed by atoms with Gasteiger partial charge >= 0.3 is 0 Å². The maximum absolute atomic E-state index is 6.04. The lowest BCUT2D eigenvalue weighted by atomic mass is 10.1. The van der Waals surface area contributed by atoms with E-state index in [2.05, 4.69) is 10.3 Å². The van der Waals surface area contributed by atoms with Crippen LogP contribution in [0.15, 0.2) is 29.3 Å². The summed E-state index contributed by atoms with van der Waals surface area (Å²) in [4.78, 5) is 4.27. The molecule has 4 nitrogen and oxygen atoms in total. The number of nitrogens with zero attached hydrogens (tertiary/aromatic N) is 1. The Hall–Kier alpha value is -1.20. The third-order valence-electron chi connectivity index (χ3n) is 2.21. The normalized spacial score (nSPS) is 13.5. The van der Waals surface area contributed by atoms with Gasteiger partial charge in [0, 0.05) is 17.8 Å².